The monoisotopic (exact) mass is 342 g/mol. The van der Waals surface area contributed by atoms with Crippen LogP contribution in [0.4, 0.5) is 8.78 Å². The van der Waals surface area contributed by atoms with Gasteiger partial charge in [-0.1, -0.05) is 40.2 Å². The summed E-state index contributed by atoms with van der Waals surface area (Å²) < 4.78 is 25.0. The number of fused-ring (bicyclic) bond motifs is 1. The Kier molecular flexibility index (Phi) is 5.00. The largest absolute Gasteiger partial charge is 0.331 e. The Morgan fingerprint density at radius 1 is 1.25 bits per heavy atom. The first-order chi connectivity index (χ1) is 9.61. The molecule has 0 radical (unpaired) electrons. The van der Waals surface area contributed by atoms with Crippen LogP contribution < -0.4 is 0 Å². The standard InChI is InChI=1S/C14H13BrF2N2O/c15-7-8-19(9-13(16)17)14(20)12-6-5-10-3-1-2-4-11(10)18-12/h1-6,13H,7-9H2. The van der Waals surface area contributed by atoms with E-state index in [0.717, 1.165) is 10.3 Å². The lowest BCUT2D eigenvalue weighted by Gasteiger charge is -2.20. The molecule has 0 saturated heterocycles. The summed E-state index contributed by atoms with van der Waals surface area (Å²) >= 11 is 3.16. The Balaban J connectivity index is 2.28. The number of alkyl halides is 3. The first-order valence-electron chi connectivity index (χ1n) is 6.11. The Hall–Kier alpha value is -1.56. The maximum atomic E-state index is 12.5. The molecule has 2 aromatic rings. The van der Waals surface area contributed by atoms with Crippen molar-refractivity contribution in [3.63, 3.8) is 0 Å². The third-order valence-electron chi connectivity index (χ3n) is 2.82. The molecule has 0 saturated carbocycles. The molecule has 0 bridgehead atoms. The second kappa shape index (κ2) is 6.74. The molecule has 0 aliphatic heterocycles. The summed E-state index contributed by atoms with van der Waals surface area (Å²) in [6.45, 7) is -0.364. The van der Waals surface area contributed by atoms with Crippen LogP contribution in [-0.2, 0) is 0 Å². The van der Waals surface area contributed by atoms with E-state index < -0.39 is 18.9 Å². The Morgan fingerprint density at radius 2 is 2.00 bits per heavy atom. The van der Waals surface area contributed by atoms with Gasteiger partial charge in [0.25, 0.3) is 12.3 Å². The lowest BCUT2D eigenvalue weighted by molar-refractivity contribution is 0.0568. The van der Waals surface area contributed by atoms with Crippen LogP contribution >= 0.6 is 15.9 Å². The maximum Gasteiger partial charge on any atom is 0.272 e. The summed E-state index contributed by atoms with van der Waals surface area (Å²) in [5.41, 5.74) is 0.861. The SMILES string of the molecule is O=C(c1ccc2ccccc2n1)N(CCBr)CC(F)F. The van der Waals surface area contributed by atoms with Gasteiger partial charge in [0, 0.05) is 17.3 Å². The van der Waals surface area contributed by atoms with Crippen LogP contribution in [0.2, 0.25) is 0 Å². The lowest BCUT2D eigenvalue weighted by atomic mass is 10.2. The molecular formula is C14H13BrF2N2O. The number of aromatic nitrogens is 1. The van der Waals surface area contributed by atoms with Gasteiger partial charge >= 0.3 is 0 Å². The molecule has 0 N–H and O–H groups in total. The van der Waals surface area contributed by atoms with E-state index in [9.17, 15) is 13.6 Å². The number of halogens is 3. The highest BCUT2D eigenvalue weighted by molar-refractivity contribution is 9.09. The molecule has 0 spiro atoms. The first kappa shape index (κ1) is 14.8. The van der Waals surface area contributed by atoms with Crippen molar-refractivity contribution < 1.29 is 13.6 Å². The number of para-hydroxylation sites is 1. The predicted octanol–water partition coefficient (Wildman–Crippen LogP) is 3.34. The Labute approximate surface area is 123 Å². The van der Waals surface area contributed by atoms with Crippen molar-refractivity contribution in [1.29, 1.82) is 0 Å². The normalized spacial score (nSPS) is 11.0. The summed E-state index contributed by atoms with van der Waals surface area (Å²) in [6.07, 6.45) is -2.56. The summed E-state index contributed by atoms with van der Waals surface area (Å²) in [7, 11) is 0. The zero-order valence-corrected chi connectivity index (χ0v) is 12.2. The third kappa shape index (κ3) is 3.50. The molecule has 2 rings (SSSR count). The van der Waals surface area contributed by atoms with Crippen LogP contribution in [0.25, 0.3) is 10.9 Å². The highest BCUT2D eigenvalue weighted by Gasteiger charge is 2.20. The van der Waals surface area contributed by atoms with Gasteiger partial charge in [-0.25, -0.2) is 13.8 Å². The maximum absolute atomic E-state index is 12.5. The van der Waals surface area contributed by atoms with Crippen molar-refractivity contribution in [2.24, 2.45) is 0 Å². The molecule has 1 aromatic heterocycles. The Bertz CT molecular complexity index is 606. The fourth-order valence-electron chi connectivity index (χ4n) is 1.89. The van der Waals surface area contributed by atoms with E-state index in [1.54, 1.807) is 18.2 Å². The van der Waals surface area contributed by atoms with E-state index in [0.29, 0.717) is 10.8 Å². The van der Waals surface area contributed by atoms with Crippen LogP contribution in [0, 0.1) is 0 Å². The molecule has 0 fully saturated rings. The zero-order valence-electron chi connectivity index (χ0n) is 10.6. The highest BCUT2D eigenvalue weighted by atomic mass is 79.9. The average molecular weight is 343 g/mol. The second-order valence-electron chi connectivity index (χ2n) is 4.22. The molecule has 0 aliphatic rings. The van der Waals surface area contributed by atoms with E-state index >= 15 is 0 Å². The fourth-order valence-corrected chi connectivity index (χ4v) is 2.32. The summed E-state index contributed by atoms with van der Waals surface area (Å²) in [5.74, 6) is -0.476. The number of carbonyl (C=O) groups excluding carboxylic acids is 1. The molecule has 20 heavy (non-hydrogen) atoms. The van der Waals surface area contributed by atoms with Gasteiger partial charge in [0.05, 0.1) is 12.1 Å². The summed E-state index contributed by atoms with van der Waals surface area (Å²) in [4.78, 5) is 17.6. The summed E-state index contributed by atoms with van der Waals surface area (Å²) in [6, 6.07) is 10.7. The van der Waals surface area contributed by atoms with E-state index in [1.807, 2.05) is 18.2 Å². The number of hydrogen-bond acceptors (Lipinski definition) is 2. The molecule has 0 unspecified atom stereocenters. The van der Waals surface area contributed by atoms with Gasteiger partial charge in [0.2, 0.25) is 0 Å². The van der Waals surface area contributed by atoms with Crippen LogP contribution in [0.1, 0.15) is 10.5 Å². The van der Waals surface area contributed by atoms with Crippen molar-refractivity contribution in [1.82, 2.24) is 9.88 Å². The minimum atomic E-state index is -2.56. The smallest absolute Gasteiger partial charge is 0.272 e. The average Bonchev–Trinajstić information content (AvgIpc) is 2.45. The van der Waals surface area contributed by atoms with Gasteiger partial charge < -0.3 is 4.90 Å². The van der Waals surface area contributed by atoms with E-state index in [2.05, 4.69) is 20.9 Å². The van der Waals surface area contributed by atoms with Gasteiger partial charge in [0.15, 0.2) is 0 Å². The van der Waals surface area contributed by atoms with E-state index in [-0.39, 0.29) is 12.2 Å². The zero-order chi connectivity index (χ0) is 14.5. The molecule has 106 valence electrons. The number of pyridine rings is 1. The molecule has 6 heteroatoms. The minimum Gasteiger partial charge on any atom is -0.331 e. The van der Waals surface area contributed by atoms with Gasteiger partial charge in [-0.3, -0.25) is 4.79 Å². The van der Waals surface area contributed by atoms with Gasteiger partial charge in [0.1, 0.15) is 5.69 Å². The van der Waals surface area contributed by atoms with E-state index in [4.69, 9.17) is 0 Å². The number of benzene rings is 1. The van der Waals surface area contributed by atoms with Crippen LogP contribution in [-0.4, -0.2) is 40.6 Å². The molecule has 0 atom stereocenters. The predicted molar refractivity (Wildman–Crippen MR) is 77.4 cm³/mol. The van der Waals surface area contributed by atoms with Crippen molar-refractivity contribution >= 4 is 32.7 Å². The highest BCUT2D eigenvalue weighted by Crippen LogP contribution is 2.14. The van der Waals surface area contributed by atoms with Crippen molar-refractivity contribution in [2.75, 3.05) is 18.4 Å². The molecule has 1 heterocycles. The molecule has 3 nitrogen and oxygen atoms in total. The van der Waals surface area contributed by atoms with Crippen molar-refractivity contribution in [2.45, 2.75) is 6.43 Å². The molecular weight excluding hydrogens is 330 g/mol. The van der Waals surface area contributed by atoms with E-state index in [1.165, 1.54) is 0 Å². The van der Waals surface area contributed by atoms with Gasteiger partial charge in [-0.15, -0.1) is 0 Å². The third-order valence-corrected chi connectivity index (χ3v) is 3.17. The minimum absolute atomic E-state index is 0.185. The Morgan fingerprint density at radius 3 is 2.70 bits per heavy atom. The fraction of sp³-hybridized carbons (Fsp3) is 0.286. The second-order valence-corrected chi connectivity index (χ2v) is 5.01. The van der Waals surface area contributed by atoms with Gasteiger partial charge in [-0.05, 0) is 12.1 Å². The van der Waals surface area contributed by atoms with Crippen molar-refractivity contribution in [3.05, 3.63) is 42.1 Å². The molecule has 1 aromatic carbocycles. The number of rotatable bonds is 5. The topological polar surface area (TPSA) is 33.2 Å². The van der Waals surface area contributed by atoms with Crippen LogP contribution in [0.15, 0.2) is 36.4 Å². The molecule has 0 aliphatic carbocycles. The number of amides is 1. The number of nitrogens with zero attached hydrogens (tertiary/aromatic N) is 2. The lowest BCUT2D eigenvalue weighted by Crippen LogP contribution is -2.37. The van der Waals surface area contributed by atoms with Crippen LogP contribution in [0.3, 0.4) is 0 Å². The van der Waals surface area contributed by atoms with Crippen LogP contribution in [0.5, 0.6) is 0 Å². The quantitative estimate of drug-likeness (QED) is 0.781. The van der Waals surface area contributed by atoms with Crippen molar-refractivity contribution in [3.8, 4) is 0 Å². The van der Waals surface area contributed by atoms with Gasteiger partial charge in [-0.2, -0.15) is 0 Å². The first-order valence-corrected chi connectivity index (χ1v) is 7.23. The number of carbonyl (C=O) groups is 1. The number of hydrogen-bond donors (Lipinski definition) is 0. The molecule has 1 amide bonds. The summed E-state index contributed by atoms with van der Waals surface area (Å²) in [5, 5.41) is 1.35.